The smallest absolute Gasteiger partial charge is 0.305 e. The van der Waals surface area contributed by atoms with Crippen LogP contribution in [0.4, 0.5) is 5.69 Å². The highest BCUT2D eigenvalue weighted by atomic mass is 16.5. The van der Waals surface area contributed by atoms with Gasteiger partial charge in [-0.25, -0.2) is 0 Å². The molecule has 1 heterocycles. The summed E-state index contributed by atoms with van der Waals surface area (Å²) < 4.78 is 9.71. The molecule has 0 bridgehead atoms. The van der Waals surface area contributed by atoms with Crippen molar-refractivity contribution >= 4 is 17.6 Å². The largest absolute Gasteiger partial charge is 0.469 e. The van der Waals surface area contributed by atoms with Gasteiger partial charge in [0.25, 0.3) is 0 Å². The van der Waals surface area contributed by atoms with Gasteiger partial charge in [0.2, 0.25) is 0 Å². The number of rotatable bonds is 8. The lowest BCUT2D eigenvalue weighted by Gasteiger charge is -2.44. The van der Waals surface area contributed by atoms with Crippen molar-refractivity contribution in [3.8, 4) is 0 Å². The van der Waals surface area contributed by atoms with Gasteiger partial charge in [-0.3, -0.25) is 14.5 Å². The Hall–Kier alpha value is -2.86. The van der Waals surface area contributed by atoms with E-state index in [0.29, 0.717) is 32.2 Å². The SMILES string of the molecule is COC(=O)CC[C@@H]1Nc2ccccc2[C@@H](CCC(=O)OC)N1Cc1ccccc1. The summed E-state index contributed by atoms with van der Waals surface area (Å²) in [6.07, 6.45) is 1.87. The first kappa shape index (κ1) is 20.9. The third-order valence-corrected chi connectivity index (χ3v) is 5.35. The van der Waals surface area contributed by atoms with Gasteiger partial charge in [-0.15, -0.1) is 0 Å². The first-order chi connectivity index (χ1) is 14.1. The fraction of sp³-hybridized carbons (Fsp3) is 0.391. The Morgan fingerprint density at radius 2 is 1.52 bits per heavy atom. The summed E-state index contributed by atoms with van der Waals surface area (Å²) in [5, 5.41) is 3.58. The first-order valence-electron chi connectivity index (χ1n) is 9.91. The number of carbonyl (C=O) groups is 2. The van der Waals surface area contributed by atoms with E-state index in [9.17, 15) is 9.59 Å². The molecule has 154 valence electrons. The molecule has 1 N–H and O–H groups in total. The highest BCUT2D eigenvalue weighted by Gasteiger charge is 2.34. The molecule has 6 heteroatoms. The number of nitrogens with zero attached hydrogens (tertiary/aromatic N) is 1. The number of esters is 2. The third-order valence-electron chi connectivity index (χ3n) is 5.35. The Labute approximate surface area is 171 Å². The van der Waals surface area contributed by atoms with E-state index in [1.54, 1.807) is 0 Å². The number of para-hydroxylation sites is 1. The maximum absolute atomic E-state index is 11.8. The molecule has 29 heavy (non-hydrogen) atoms. The molecule has 6 nitrogen and oxygen atoms in total. The number of benzene rings is 2. The highest BCUT2D eigenvalue weighted by molar-refractivity contribution is 5.70. The molecule has 1 aliphatic heterocycles. The van der Waals surface area contributed by atoms with Crippen LogP contribution >= 0.6 is 0 Å². The zero-order valence-corrected chi connectivity index (χ0v) is 17.0. The Kier molecular flexibility index (Phi) is 7.25. The van der Waals surface area contributed by atoms with Gasteiger partial charge in [0.1, 0.15) is 0 Å². The maximum atomic E-state index is 11.8. The molecular formula is C23H28N2O4. The lowest BCUT2D eigenvalue weighted by Crippen LogP contribution is -2.47. The van der Waals surface area contributed by atoms with E-state index in [1.165, 1.54) is 19.8 Å². The Morgan fingerprint density at radius 1 is 0.897 bits per heavy atom. The molecule has 0 saturated heterocycles. The normalized spacial score (nSPS) is 18.4. The van der Waals surface area contributed by atoms with Crippen LogP contribution in [0.1, 0.15) is 42.9 Å². The fourth-order valence-corrected chi connectivity index (χ4v) is 3.86. The molecule has 0 spiro atoms. The summed E-state index contributed by atoms with van der Waals surface area (Å²) in [6.45, 7) is 0.708. The van der Waals surface area contributed by atoms with Crippen molar-refractivity contribution in [2.45, 2.75) is 44.4 Å². The molecular weight excluding hydrogens is 368 g/mol. The zero-order chi connectivity index (χ0) is 20.6. The predicted octanol–water partition coefficient (Wildman–Crippen LogP) is 3.89. The molecule has 0 saturated carbocycles. The molecule has 1 aliphatic rings. The minimum absolute atomic E-state index is 0.0365. The van der Waals surface area contributed by atoms with Crippen LogP contribution in [0.2, 0.25) is 0 Å². The van der Waals surface area contributed by atoms with Crippen LogP contribution in [0.3, 0.4) is 0 Å². The number of nitrogens with one attached hydrogen (secondary N) is 1. The van der Waals surface area contributed by atoms with Crippen molar-refractivity contribution in [1.29, 1.82) is 0 Å². The van der Waals surface area contributed by atoms with Gasteiger partial charge in [-0.05, 0) is 30.0 Å². The van der Waals surface area contributed by atoms with Gasteiger partial charge in [0.05, 0.1) is 20.4 Å². The molecule has 2 aromatic carbocycles. The van der Waals surface area contributed by atoms with Gasteiger partial charge < -0.3 is 14.8 Å². The van der Waals surface area contributed by atoms with E-state index < -0.39 is 0 Å². The van der Waals surface area contributed by atoms with Crippen LogP contribution in [0.25, 0.3) is 0 Å². The van der Waals surface area contributed by atoms with E-state index in [2.05, 4.69) is 28.4 Å². The number of hydrogen-bond acceptors (Lipinski definition) is 6. The van der Waals surface area contributed by atoms with E-state index in [1.807, 2.05) is 36.4 Å². The van der Waals surface area contributed by atoms with Gasteiger partial charge >= 0.3 is 11.9 Å². The number of hydrogen-bond donors (Lipinski definition) is 1. The zero-order valence-electron chi connectivity index (χ0n) is 17.0. The molecule has 2 atom stereocenters. The predicted molar refractivity (Wildman–Crippen MR) is 111 cm³/mol. The second-order valence-corrected chi connectivity index (χ2v) is 7.15. The van der Waals surface area contributed by atoms with Crippen LogP contribution in [-0.2, 0) is 25.6 Å². The Bertz CT molecular complexity index is 825. The molecule has 0 amide bonds. The van der Waals surface area contributed by atoms with Crippen LogP contribution in [0.5, 0.6) is 0 Å². The number of fused-ring (bicyclic) bond motifs is 1. The molecule has 2 aromatic rings. The monoisotopic (exact) mass is 396 g/mol. The van der Waals surface area contributed by atoms with E-state index in [0.717, 1.165) is 11.3 Å². The Morgan fingerprint density at radius 3 is 2.21 bits per heavy atom. The quantitative estimate of drug-likeness (QED) is 0.683. The molecule has 3 rings (SSSR count). The van der Waals surface area contributed by atoms with E-state index >= 15 is 0 Å². The average molecular weight is 396 g/mol. The topological polar surface area (TPSA) is 67.9 Å². The average Bonchev–Trinajstić information content (AvgIpc) is 2.77. The lowest BCUT2D eigenvalue weighted by atomic mass is 9.93. The first-order valence-corrected chi connectivity index (χ1v) is 9.91. The number of carbonyl (C=O) groups excluding carboxylic acids is 2. The maximum Gasteiger partial charge on any atom is 0.305 e. The van der Waals surface area contributed by atoms with Crippen LogP contribution in [0.15, 0.2) is 54.6 Å². The summed E-state index contributed by atoms with van der Waals surface area (Å²) in [5.41, 5.74) is 3.38. The number of anilines is 1. The van der Waals surface area contributed by atoms with Crippen molar-refractivity contribution in [2.24, 2.45) is 0 Å². The fourth-order valence-electron chi connectivity index (χ4n) is 3.86. The second-order valence-electron chi connectivity index (χ2n) is 7.15. The van der Waals surface area contributed by atoms with Crippen LogP contribution < -0.4 is 5.32 Å². The molecule has 0 radical (unpaired) electrons. The van der Waals surface area contributed by atoms with Crippen LogP contribution in [-0.4, -0.2) is 37.2 Å². The summed E-state index contributed by atoms with van der Waals surface area (Å²) in [5.74, 6) is -0.441. The number of ether oxygens (including phenoxy) is 2. The number of methoxy groups -OCH3 is 2. The van der Waals surface area contributed by atoms with Gasteiger partial charge in [0, 0.05) is 31.1 Å². The second kappa shape index (κ2) is 10.1. The van der Waals surface area contributed by atoms with Crippen LogP contribution in [0, 0.1) is 0 Å². The molecule has 0 fully saturated rings. The van der Waals surface area contributed by atoms with Crippen molar-refractivity contribution in [3.05, 3.63) is 65.7 Å². The van der Waals surface area contributed by atoms with Gasteiger partial charge in [0.15, 0.2) is 0 Å². The Balaban J connectivity index is 1.91. The summed E-state index contributed by atoms with van der Waals surface area (Å²) in [4.78, 5) is 26.0. The minimum Gasteiger partial charge on any atom is -0.469 e. The van der Waals surface area contributed by atoms with Crippen molar-refractivity contribution in [3.63, 3.8) is 0 Å². The highest BCUT2D eigenvalue weighted by Crippen LogP contribution is 2.39. The van der Waals surface area contributed by atoms with E-state index in [4.69, 9.17) is 9.47 Å². The molecule has 0 aliphatic carbocycles. The summed E-state index contributed by atoms with van der Waals surface area (Å²) >= 11 is 0. The third kappa shape index (κ3) is 5.35. The van der Waals surface area contributed by atoms with Gasteiger partial charge in [-0.2, -0.15) is 0 Å². The van der Waals surface area contributed by atoms with Crippen molar-refractivity contribution < 1.29 is 19.1 Å². The molecule has 0 aromatic heterocycles. The van der Waals surface area contributed by atoms with Gasteiger partial charge in [-0.1, -0.05) is 48.5 Å². The summed E-state index contributed by atoms with van der Waals surface area (Å²) in [7, 11) is 2.83. The van der Waals surface area contributed by atoms with Crippen molar-refractivity contribution in [1.82, 2.24) is 4.90 Å². The molecule has 0 unspecified atom stereocenters. The van der Waals surface area contributed by atoms with E-state index in [-0.39, 0.29) is 24.1 Å². The standard InChI is InChI=1S/C23H28N2O4/c1-28-22(26)14-12-20-18-10-6-7-11-19(18)24-21(13-15-23(27)29-2)25(20)16-17-8-4-3-5-9-17/h3-11,20-21,24H,12-16H2,1-2H3/t20-,21-/m1/s1. The minimum atomic E-state index is -0.226. The lowest BCUT2D eigenvalue weighted by molar-refractivity contribution is -0.141. The van der Waals surface area contributed by atoms with Crippen molar-refractivity contribution in [2.75, 3.05) is 19.5 Å². The summed E-state index contributed by atoms with van der Waals surface area (Å²) in [6, 6.07) is 18.4.